The Balaban J connectivity index is 1.38. The highest BCUT2D eigenvalue weighted by atomic mass is 19.2. The lowest BCUT2D eigenvalue weighted by molar-refractivity contribution is -0.138. The Labute approximate surface area is 221 Å². The van der Waals surface area contributed by atoms with E-state index in [1.165, 1.54) is 6.07 Å². The third-order valence-electron chi connectivity index (χ3n) is 7.69. The van der Waals surface area contributed by atoms with Crippen LogP contribution in [0.15, 0.2) is 36.4 Å². The summed E-state index contributed by atoms with van der Waals surface area (Å²) in [5.74, 6) is -2.51. The van der Waals surface area contributed by atoms with Gasteiger partial charge in [-0.2, -0.15) is 0 Å². The summed E-state index contributed by atoms with van der Waals surface area (Å²) in [5.41, 5.74) is 1.54. The van der Waals surface area contributed by atoms with E-state index in [0.29, 0.717) is 62.8 Å². The highest BCUT2D eigenvalue weighted by Gasteiger charge is 2.32. The van der Waals surface area contributed by atoms with Crippen LogP contribution in [0.1, 0.15) is 46.4 Å². The third-order valence-corrected chi connectivity index (χ3v) is 7.69. The number of piperazine rings is 1. The van der Waals surface area contributed by atoms with Crippen molar-refractivity contribution in [1.29, 1.82) is 0 Å². The number of benzene rings is 2. The third kappa shape index (κ3) is 5.65. The summed E-state index contributed by atoms with van der Waals surface area (Å²) in [4.78, 5) is 44.8. The molecule has 0 unspecified atom stereocenters. The van der Waals surface area contributed by atoms with Crippen LogP contribution in [-0.4, -0.2) is 79.9 Å². The topological polar surface area (TPSA) is 85.0 Å². The summed E-state index contributed by atoms with van der Waals surface area (Å²) < 4.78 is 27.2. The van der Waals surface area contributed by atoms with Gasteiger partial charge in [0.05, 0.1) is 11.4 Å². The van der Waals surface area contributed by atoms with E-state index in [1.54, 1.807) is 17.0 Å². The summed E-state index contributed by atoms with van der Waals surface area (Å²) >= 11 is 0. The van der Waals surface area contributed by atoms with Gasteiger partial charge in [0.2, 0.25) is 5.91 Å². The molecule has 8 nitrogen and oxygen atoms in total. The lowest BCUT2D eigenvalue weighted by Gasteiger charge is -2.39. The average molecular weight is 526 g/mol. The van der Waals surface area contributed by atoms with Crippen LogP contribution < -0.4 is 15.5 Å². The summed E-state index contributed by atoms with van der Waals surface area (Å²) in [6.07, 6.45) is 3.88. The Bertz CT molecular complexity index is 1200. The maximum atomic E-state index is 13.8. The molecule has 0 bridgehead atoms. The van der Waals surface area contributed by atoms with Crippen molar-refractivity contribution in [1.82, 2.24) is 15.1 Å². The molecule has 2 N–H and O–H groups in total. The van der Waals surface area contributed by atoms with Crippen molar-refractivity contribution in [2.75, 3.05) is 62.6 Å². The molecule has 3 aliphatic rings. The number of carbonyl (C=O) groups is 3. The number of carbonyl (C=O) groups excluding carboxylic acids is 3. The van der Waals surface area contributed by atoms with Crippen molar-refractivity contribution in [2.24, 2.45) is 5.92 Å². The van der Waals surface area contributed by atoms with Crippen LogP contribution in [0.25, 0.3) is 0 Å². The van der Waals surface area contributed by atoms with Gasteiger partial charge in [0.1, 0.15) is 0 Å². The van der Waals surface area contributed by atoms with Gasteiger partial charge in [0, 0.05) is 62.9 Å². The predicted octanol–water partition coefficient (Wildman–Crippen LogP) is 3.10. The SMILES string of the molecule is O=C(Nc1cc(C(=O)N2CCCNCC2)ccc1N1CCN(C(=O)C2CCC2)CC1)c1ccc(F)c(F)c1. The normalized spacial score (nSPS) is 18.5. The Morgan fingerprint density at radius 1 is 0.789 bits per heavy atom. The minimum absolute atomic E-state index is 0.0268. The van der Waals surface area contributed by atoms with Gasteiger partial charge < -0.3 is 25.3 Å². The van der Waals surface area contributed by atoms with Gasteiger partial charge >= 0.3 is 0 Å². The lowest BCUT2D eigenvalue weighted by atomic mass is 9.84. The molecule has 0 spiro atoms. The molecule has 3 amide bonds. The van der Waals surface area contributed by atoms with E-state index in [2.05, 4.69) is 15.5 Å². The van der Waals surface area contributed by atoms with Gasteiger partial charge in [-0.3, -0.25) is 14.4 Å². The van der Waals surface area contributed by atoms with Crippen LogP contribution in [-0.2, 0) is 4.79 Å². The first kappa shape index (κ1) is 26.1. The van der Waals surface area contributed by atoms with Crippen molar-refractivity contribution >= 4 is 29.1 Å². The minimum atomic E-state index is -1.11. The van der Waals surface area contributed by atoms with Gasteiger partial charge in [0.25, 0.3) is 11.8 Å². The number of amides is 3. The largest absolute Gasteiger partial charge is 0.366 e. The smallest absolute Gasteiger partial charge is 0.255 e. The summed E-state index contributed by atoms with van der Waals surface area (Å²) in [6, 6.07) is 8.21. The number of rotatable bonds is 5. The Morgan fingerprint density at radius 3 is 2.26 bits per heavy atom. The summed E-state index contributed by atoms with van der Waals surface area (Å²) in [7, 11) is 0. The van der Waals surface area contributed by atoms with Crippen molar-refractivity contribution in [3.8, 4) is 0 Å². The zero-order valence-electron chi connectivity index (χ0n) is 21.3. The first-order valence-electron chi connectivity index (χ1n) is 13.3. The van der Waals surface area contributed by atoms with Gasteiger partial charge in [0.15, 0.2) is 11.6 Å². The molecule has 202 valence electrons. The van der Waals surface area contributed by atoms with Crippen LogP contribution in [0.5, 0.6) is 0 Å². The molecule has 2 aliphatic heterocycles. The number of hydrogen-bond donors (Lipinski definition) is 2. The molecule has 0 radical (unpaired) electrons. The molecule has 0 aromatic heterocycles. The minimum Gasteiger partial charge on any atom is -0.366 e. The van der Waals surface area contributed by atoms with Crippen LogP contribution in [0, 0.1) is 17.6 Å². The van der Waals surface area contributed by atoms with Crippen molar-refractivity contribution in [3.63, 3.8) is 0 Å². The first-order valence-corrected chi connectivity index (χ1v) is 13.3. The summed E-state index contributed by atoms with van der Waals surface area (Å²) in [5, 5.41) is 6.10. The van der Waals surface area contributed by atoms with E-state index < -0.39 is 17.5 Å². The van der Waals surface area contributed by atoms with Crippen LogP contribution >= 0.6 is 0 Å². The van der Waals surface area contributed by atoms with Crippen molar-refractivity contribution in [2.45, 2.75) is 25.7 Å². The lowest BCUT2D eigenvalue weighted by Crippen LogP contribution is -2.51. The molecule has 1 saturated carbocycles. The quantitative estimate of drug-likeness (QED) is 0.627. The average Bonchev–Trinajstić information content (AvgIpc) is 3.18. The van der Waals surface area contributed by atoms with E-state index in [1.807, 2.05) is 11.0 Å². The Morgan fingerprint density at radius 2 is 1.55 bits per heavy atom. The van der Waals surface area contributed by atoms with E-state index >= 15 is 0 Å². The van der Waals surface area contributed by atoms with E-state index in [0.717, 1.165) is 44.4 Å². The first-order chi connectivity index (χ1) is 18.4. The van der Waals surface area contributed by atoms with Crippen LogP contribution in [0.4, 0.5) is 20.2 Å². The molecule has 2 saturated heterocycles. The molecular formula is C28H33F2N5O3. The highest BCUT2D eigenvalue weighted by Crippen LogP contribution is 2.32. The van der Waals surface area contributed by atoms with E-state index in [-0.39, 0.29) is 23.3 Å². The fourth-order valence-electron chi connectivity index (χ4n) is 5.19. The molecule has 3 fully saturated rings. The second-order valence-corrected chi connectivity index (χ2v) is 10.2. The maximum absolute atomic E-state index is 13.8. The molecule has 2 aromatic rings. The van der Waals surface area contributed by atoms with E-state index in [4.69, 9.17) is 0 Å². The zero-order valence-corrected chi connectivity index (χ0v) is 21.3. The number of nitrogens with zero attached hydrogens (tertiary/aromatic N) is 3. The molecule has 0 atom stereocenters. The van der Waals surface area contributed by atoms with E-state index in [9.17, 15) is 23.2 Å². The maximum Gasteiger partial charge on any atom is 0.255 e. The van der Waals surface area contributed by atoms with Crippen molar-refractivity contribution < 1.29 is 23.2 Å². The number of anilines is 2. The summed E-state index contributed by atoms with van der Waals surface area (Å²) in [6.45, 7) is 5.12. The van der Waals surface area contributed by atoms with Crippen LogP contribution in [0.2, 0.25) is 0 Å². The number of nitrogens with one attached hydrogen (secondary N) is 2. The van der Waals surface area contributed by atoms with Gasteiger partial charge in [-0.25, -0.2) is 8.78 Å². The second-order valence-electron chi connectivity index (χ2n) is 10.2. The molecule has 5 rings (SSSR count). The fourth-order valence-corrected chi connectivity index (χ4v) is 5.19. The molecule has 38 heavy (non-hydrogen) atoms. The molecular weight excluding hydrogens is 492 g/mol. The molecule has 10 heteroatoms. The van der Waals surface area contributed by atoms with Crippen LogP contribution in [0.3, 0.4) is 0 Å². The van der Waals surface area contributed by atoms with Gasteiger partial charge in [-0.1, -0.05) is 6.42 Å². The molecule has 2 aromatic carbocycles. The zero-order chi connectivity index (χ0) is 26.6. The van der Waals surface area contributed by atoms with Gasteiger partial charge in [-0.15, -0.1) is 0 Å². The van der Waals surface area contributed by atoms with Crippen molar-refractivity contribution in [3.05, 3.63) is 59.2 Å². The fraction of sp³-hybridized carbons (Fsp3) is 0.464. The molecule has 1 aliphatic carbocycles. The molecule has 2 heterocycles. The number of hydrogen-bond acceptors (Lipinski definition) is 5. The monoisotopic (exact) mass is 525 g/mol. The highest BCUT2D eigenvalue weighted by molar-refractivity contribution is 6.07. The predicted molar refractivity (Wildman–Crippen MR) is 140 cm³/mol. The Kier molecular flexibility index (Phi) is 7.87. The van der Waals surface area contributed by atoms with Gasteiger partial charge in [-0.05, 0) is 62.2 Å². The standard InChI is InChI=1S/C28H33F2N5O3/c29-22-7-5-20(17-23(22)30)26(36)32-24-18-21(28(38)34-11-2-9-31-10-12-34)6-8-25(24)33-13-15-35(16-14-33)27(37)19-3-1-4-19/h5-8,17-19,31H,1-4,9-16H2,(H,32,36). The Hall–Kier alpha value is -3.53. The number of halogens is 2. The second kappa shape index (κ2) is 11.5.